The highest BCUT2D eigenvalue weighted by atomic mass is 16.4. The van der Waals surface area contributed by atoms with Gasteiger partial charge in [0.2, 0.25) is 0 Å². The molecular formula is C16H21NO3. The number of hydrogen-bond acceptors (Lipinski definition) is 2. The van der Waals surface area contributed by atoms with Gasteiger partial charge in [0.25, 0.3) is 0 Å². The average Bonchev–Trinajstić information content (AvgIpc) is 2.80. The molecule has 1 heterocycles. The Labute approximate surface area is 118 Å². The van der Waals surface area contributed by atoms with Crippen molar-refractivity contribution >= 4 is 16.9 Å². The van der Waals surface area contributed by atoms with Gasteiger partial charge in [0, 0.05) is 30.3 Å². The number of carbonyl (C=O) groups is 1. The highest BCUT2D eigenvalue weighted by Crippen LogP contribution is 2.27. The third-order valence-electron chi connectivity index (χ3n) is 3.57. The second-order valence-corrected chi connectivity index (χ2v) is 5.03. The van der Waals surface area contributed by atoms with Crippen molar-refractivity contribution in [3.05, 3.63) is 35.5 Å². The summed E-state index contributed by atoms with van der Waals surface area (Å²) in [5.74, 6) is -0.894. The maximum atomic E-state index is 11.4. The normalized spacial score (nSPS) is 11.1. The predicted octanol–water partition coefficient (Wildman–Crippen LogP) is 3.06. The third-order valence-corrected chi connectivity index (χ3v) is 3.57. The number of aromatic nitrogens is 1. The molecule has 0 fully saturated rings. The lowest BCUT2D eigenvalue weighted by atomic mass is 10.0. The third kappa shape index (κ3) is 2.85. The molecule has 0 radical (unpaired) electrons. The van der Waals surface area contributed by atoms with E-state index in [9.17, 15) is 9.90 Å². The number of fused-ring (bicyclic) bond motifs is 1. The van der Waals surface area contributed by atoms with Gasteiger partial charge in [0.05, 0.1) is 5.56 Å². The summed E-state index contributed by atoms with van der Waals surface area (Å²) in [5.41, 5.74) is 2.35. The van der Waals surface area contributed by atoms with E-state index in [0.717, 1.165) is 35.9 Å². The largest absolute Gasteiger partial charge is 0.478 e. The first kappa shape index (κ1) is 14.6. The maximum Gasteiger partial charge on any atom is 0.336 e. The summed E-state index contributed by atoms with van der Waals surface area (Å²) in [7, 11) is 0. The van der Waals surface area contributed by atoms with E-state index in [0.29, 0.717) is 18.4 Å². The van der Waals surface area contributed by atoms with E-state index in [4.69, 9.17) is 5.11 Å². The van der Waals surface area contributed by atoms with E-state index >= 15 is 0 Å². The molecule has 0 saturated carbocycles. The Bertz CT molecular complexity index is 601. The SMILES string of the molecule is CCCCn1cc(CCCO)c2c(C(=O)O)cccc21. The Kier molecular flexibility index (Phi) is 4.79. The minimum atomic E-state index is -0.894. The van der Waals surface area contributed by atoms with Gasteiger partial charge < -0.3 is 14.8 Å². The number of benzene rings is 1. The molecule has 0 amide bonds. The molecule has 0 spiro atoms. The first-order valence-corrected chi connectivity index (χ1v) is 7.14. The van der Waals surface area contributed by atoms with E-state index in [1.165, 1.54) is 0 Å². The van der Waals surface area contributed by atoms with Crippen LogP contribution in [0.5, 0.6) is 0 Å². The molecule has 0 aliphatic heterocycles. The van der Waals surface area contributed by atoms with Crippen LogP contribution in [0.4, 0.5) is 0 Å². The number of aliphatic hydroxyl groups excluding tert-OH is 1. The lowest BCUT2D eigenvalue weighted by Crippen LogP contribution is -1.99. The molecular weight excluding hydrogens is 254 g/mol. The quantitative estimate of drug-likeness (QED) is 0.816. The van der Waals surface area contributed by atoms with Gasteiger partial charge in [-0.1, -0.05) is 19.4 Å². The Morgan fingerprint density at radius 3 is 2.75 bits per heavy atom. The van der Waals surface area contributed by atoms with Crippen LogP contribution in [0, 0.1) is 0 Å². The fraction of sp³-hybridized carbons (Fsp3) is 0.438. The number of nitrogens with zero attached hydrogens (tertiary/aromatic N) is 1. The van der Waals surface area contributed by atoms with Gasteiger partial charge in [-0.3, -0.25) is 0 Å². The summed E-state index contributed by atoms with van der Waals surface area (Å²) in [4.78, 5) is 11.4. The van der Waals surface area contributed by atoms with Gasteiger partial charge in [0.15, 0.2) is 0 Å². The Hall–Kier alpha value is -1.81. The molecule has 0 unspecified atom stereocenters. The number of rotatable bonds is 7. The van der Waals surface area contributed by atoms with E-state index in [1.807, 2.05) is 12.3 Å². The number of carboxylic acids is 1. The van der Waals surface area contributed by atoms with Crippen LogP contribution in [0.3, 0.4) is 0 Å². The van der Waals surface area contributed by atoms with Crippen LogP contribution in [0.2, 0.25) is 0 Å². The second kappa shape index (κ2) is 6.57. The minimum Gasteiger partial charge on any atom is -0.478 e. The molecule has 2 N–H and O–H groups in total. The van der Waals surface area contributed by atoms with E-state index in [1.54, 1.807) is 12.1 Å². The lowest BCUT2D eigenvalue weighted by molar-refractivity contribution is 0.0699. The highest BCUT2D eigenvalue weighted by molar-refractivity contribution is 6.04. The predicted molar refractivity (Wildman–Crippen MR) is 79.2 cm³/mol. The summed E-state index contributed by atoms with van der Waals surface area (Å²) in [6.45, 7) is 3.16. The zero-order valence-electron chi connectivity index (χ0n) is 11.8. The smallest absolute Gasteiger partial charge is 0.336 e. The Morgan fingerprint density at radius 1 is 1.30 bits per heavy atom. The van der Waals surface area contributed by atoms with Crippen LogP contribution in [0.25, 0.3) is 10.9 Å². The van der Waals surface area contributed by atoms with Crippen LogP contribution < -0.4 is 0 Å². The zero-order valence-corrected chi connectivity index (χ0v) is 11.8. The van der Waals surface area contributed by atoms with Gasteiger partial charge in [-0.15, -0.1) is 0 Å². The number of hydrogen-bond donors (Lipinski definition) is 2. The van der Waals surface area contributed by atoms with Gasteiger partial charge in [0.1, 0.15) is 0 Å². The van der Waals surface area contributed by atoms with Gasteiger partial charge in [-0.2, -0.15) is 0 Å². The average molecular weight is 275 g/mol. The van der Waals surface area contributed by atoms with Crippen LogP contribution in [-0.4, -0.2) is 27.4 Å². The van der Waals surface area contributed by atoms with Gasteiger partial charge in [-0.05, 0) is 37.0 Å². The molecule has 0 bridgehead atoms. The molecule has 2 aromatic rings. The molecule has 4 heteroatoms. The van der Waals surface area contributed by atoms with Gasteiger partial charge >= 0.3 is 5.97 Å². The van der Waals surface area contributed by atoms with E-state index in [2.05, 4.69) is 11.5 Å². The summed E-state index contributed by atoms with van der Waals surface area (Å²) < 4.78 is 2.14. The van der Waals surface area contributed by atoms with Gasteiger partial charge in [-0.25, -0.2) is 4.79 Å². The summed E-state index contributed by atoms with van der Waals surface area (Å²) in [5, 5.41) is 19.2. The van der Waals surface area contributed by atoms with E-state index in [-0.39, 0.29) is 6.61 Å². The fourth-order valence-electron chi connectivity index (χ4n) is 2.59. The van der Waals surface area contributed by atoms with Crippen molar-refractivity contribution < 1.29 is 15.0 Å². The first-order valence-electron chi connectivity index (χ1n) is 7.14. The Morgan fingerprint density at radius 2 is 2.10 bits per heavy atom. The van der Waals surface area contributed by atoms with Crippen molar-refractivity contribution in [1.29, 1.82) is 0 Å². The minimum absolute atomic E-state index is 0.122. The molecule has 0 aliphatic rings. The molecule has 2 rings (SSSR count). The number of carboxylic acid groups (broad SMARTS) is 1. The number of aliphatic hydroxyl groups is 1. The summed E-state index contributed by atoms with van der Waals surface area (Å²) in [6, 6.07) is 5.42. The maximum absolute atomic E-state index is 11.4. The number of aryl methyl sites for hydroxylation is 2. The van der Waals surface area contributed by atoms with Crippen LogP contribution in [0.1, 0.15) is 42.1 Å². The molecule has 0 aliphatic carbocycles. The molecule has 4 nitrogen and oxygen atoms in total. The van der Waals surface area contributed by atoms with Crippen LogP contribution in [0.15, 0.2) is 24.4 Å². The highest BCUT2D eigenvalue weighted by Gasteiger charge is 2.15. The molecule has 108 valence electrons. The molecule has 0 atom stereocenters. The summed E-state index contributed by atoms with van der Waals surface area (Å²) in [6.07, 6.45) is 5.57. The zero-order chi connectivity index (χ0) is 14.5. The number of aromatic carboxylic acids is 1. The van der Waals surface area contributed by atoms with Crippen LogP contribution >= 0.6 is 0 Å². The van der Waals surface area contributed by atoms with E-state index < -0.39 is 5.97 Å². The molecule has 1 aromatic heterocycles. The van der Waals surface area contributed by atoms with Crippen molar-refractivity contribution in [2.24, 2.45) is 0 Å². The van der Waals surface area contributed by atoms with Crippen molar-refractivity contribution in [3.8, 4) is 0 Å². The monoisotopic (exact) mass is 275 g/mol. The lowest BCUT2D eigenvalue weighted by Gasteiger charge is -2.04. The molecule has 20 heavy (non-hydrogen) atoms. The van der Waals surface area contributed by atoms with Crippen molar-refractivity contribution in [1.82, 2.24) is 4.57 Å². The molecule has 1 aromatic carbocycles. The standard InChI is InChI=1S/C16H21NO3/c1-2-3-9-17-11-12(6-5-10-18)15-13(16(19)20)7-4-8-14(15)17/h4,7-8,11,18H,2-3,5-6,9-10H2,1H3,(H,19,20). The van der Waals surface area contributed by atoms with Crippen molar-refractivity contribution in [3.63, 3.8) is 0 Å². The number of unbranched alkanes of at least 4 members (excludes halogenated alkanes) is 1. The first-order chi connectivity index (χ1) is 9.69. The van der Waals surface area contributed by atoms with Crippen LogP contribution in [-0.2, 0) is 13.0 Å². The Balaban J connectivity index is 2.54. The topological polar surface area (TPSA) is 62.5 Å². The fourth-order valence-corrected chi connectivity index (χ4v) is 2.59. The van der Waals surface area contributed by atoms with Crippen molar-refractivity contribution in [2.45, 2.75) is 39.2 Å². The summed E-state index contributed by atoms with van der Waals surface area (Å²) >= 11 is 0. The molecule has 0 saturated heterocycles. The van der Waals surface area contributed by atoms with Crippen molar-refractivity contribution in [2.75, 3.05) is 6.61 Å². The second-order valence-electron chi connectivity index (χ2n) is 5.03.